The van der Waals surface area contributed by atoms with E-state index in [0.717, 1.165) is 19.4 Å². The van der Waals surface area contributed by atoms with E-state index in [4.69, 9.17) is 0 Å². The molecule has 3 heteroatoms. The third-order valence-electron chi connectivity index (χ3n) is 1.88. The standard InChI is InChI=1S/C8H14NO2/c1-7(10)5-9-4-2-3-8(11)6-9/h8,11H,1-6H2. The van der Waals surface area contributed by atoms with E-state index in [2.05, 4.69) is 6.92 Å². The summed E-state index contributed by atoms with van der Waals surface area (Å²) in [5, 5.41) is 9.22. The molecular formula is C8H14NO2. The van der Waals surface area contributed by atoms with Crippen LogP contribution in [0, 0.1) is 6.92 Å². The van der Waals surface area contributed by atoms with E-state index < -0.39 is 0 Å². The molecule has 1 rings (SSSR count). The molecule has 0 aromatic carbocycles. The fraction of sp³-hybridized carbons (Fsp3) is 0.750. The highest BCUT2D eigenvalue weighted by Gasteiger charge is 2.17. The van der Waals surface area contributed by atoms with Crippen molar-refractivity contribution in [3.05, 3.63) is 6.92 Å². The summed E-state index contributed by atoms with van der Waals surface area (Å²) < 4.78 is 0. The number of carbonyl (C=O) groups is 1. The van der Waals surface area contributed by atoms with E-state index in [1.165, 1.54) is 0 Å². The van der Waals surface area contributed by atoms with Crippen LogP contribution in [-0.2, 0) is 4.79 Å². The Morgan fingerprint density at radius 2 is 2.45 bits per heavy atom. The highest BCUT2D eigenvalue weighted by molar-refractivity contribution is 5.84. The average Bonchev–Trinajstić information content (AvgIpc) is 1.85. The van der Waals surface area contributed by atoms with E-state index in [0.29, 0.717) is 13.1 Å². The lowest BCUT2D eigenvalue weighted by Gasteiger charge is -2.28. The molecule has 0 aliphatic carbocycles. The third kappa shape index (κ3) is 2.99. The molecule has 1 fully saturated rings. The van der Waals surface area contributed by atoms with Gasteiger partial charge in [0, 0.05) is 13.5 Å². The van der Waals surface area contributed by atoms with Gasteiger partial charge in [-0.1, -0.05) is 0 Å². The Morgan fingerprint density at radius 3 is 3.00 bits per heavy atom. The van der Waals surface area contributed by atoms with Crippen LogP contribution < -0.4 is 0 Å². The van der Waals surface area contributed by atoms with Crippen LogP contribution in [0.2, 0.25) is 0 Å². The van der Waals surface area contributed by atoms with Crippen molar-refractivity contribution in [1.29, 1.82) is 0 Å². The maximum absolute atomic E-state index is 10.6. The minimum Gasteiger partial charge on any atom is -0.392 e. The third-order valence-corrected chi connectivity index (χ3v) is 1.88. The summed E-state index contributed by atoms with van der Waals surface area (Å²) in [6, 6.07) is 0. The normalized spacial score (nSPS) is 26.9. The van der Waals surface area contributed by atoms with E-state index in [-0.39, 0.29) is 11.9 Å². The second-order valence-corrected chi connectivity index (χ2v) is 3.07. The largest absolute Gasteiger partial charge is 0.392 e. The predicted octanol–water partition coefficient (Wildman–Crippen LogP) is -0.154. The van der Waals surface area contributed by atoms with Gasteiger partial charge in [-0.15, -0.1) is 0 Å². The molecule has 1 N–H and O–H groups in total. The summed E-state index contributed by atoms with van der Waals surface area (Å²) >= 11 is 0. The van der Waals surface area contributed by atoms with Gasteiger partial charge >= 0.3 is 0 Å². The van der Waals surface area contributed by atoms with Crippen LogP contribution in [0.1, 0.15) is 12.8 Å². The summed E-state index contributed by atoms with van der Waals surface area (Å²) in [4.78, 5) is 12.5. The summed E-state index contributed by atoms with van der Waals surface area (Å²) in [5.41, 5.74) is 0. The lowest BCUT2D eigenvalue weighted by molar-refractivity contribution is -0.116. The van der Waals surface area contributed by atoms with Crippen LogP contribution >= 0.6 is 0 Å². The second-order valence-electron chi connectivity index (χ2n) is 3.07. The van der Waals surface area contributed by atoms with Crippen LogP contribution in [0.15, 0.2) is 0 Å². The number of ketones is 1. The quantitative estimate of drug-likeness (QED) is 0.604. The molecule has 63 valence electrons. The average molecular weight is 156 g/mol. The van der Waals surface area contributed by atoms with Crippen LogP contribution in [0.4, 0.5) is 0 Å². The number of β-amino-alcohol motifs (C(OH)–C–C–N with tert-alkyl or cyclic N) is 1. The molecular weight excluding hydrogens is 142 g/mol. The van der Waals surface area contributed by atoms with Crippen LogP contribution in [0.3, 0.4) is 0 Å². The van der Waals surface area contributed by atoms with Crippen LogP contribution in [0.25, 0.3) is 0 Å². The van der Waals surface area contributed by atoms with E-state index in [1.54, 1.807) is 0 Å². The fourth-order valence-electron chi connectivity index (χ4n) is 1.42. The minimum absolute atomic E-state index is 0.0703. The van der Waals surface area contributed by atoms with Crippen molar-refractivity contribution in [3.8, 4) is 0 Å². The van der Waals surface area contributed by atoms with Crippen molar-refractivity contribution >= 4 is 5.78 Å². The molecule has 1 heterocycles. The monoisotopic (exact) mass is 156 g/mol. The smallest absolute Gasteiger partial charge is 0.147 e. The first-order chi connectivity index (χ1) is 5.18. The lowest BCUT2D eigenvalue weighted by Crippen LogP contribution is -2.40. The van der Waals surface area contributed by atoms with E-state index in [9.17, 15) is 9.90 Å². The maximum Gasteiger partial charge on any atom is 0.147 e. The molecule has 0 aromatic rings. The first-order valence-electron chi connectivity index (χ1n) is 3.93. The first-order valence-corrected chi connectivity index (χ1v) is 3.93. The van der Waals surface area contributed by atoms with Crippen molar-refractivity contribution in [3.63, 3.8) is 0 Å². The molecule has 1 radical (unpaired) electrons. The molecule has 0 bridgehead atoms. The van der Waals surface area contributed by atoms with Gasteiger partial charge < -0.3 is 5.11 Å². The Labute approximate surface area is 67.0 Å². The van der Waals surface area contributed by atoms with Gasteiger partial charge in [-0.05, 0) is 19.4 Å². The van der Waals surface area contributed by atoms with Crippen molar-refractivity contribution in [2.24, 2.45) is 0 Å². The van der Waals surface area contributed by atoms with Gasteiger partial charge in [0.25, 0.3) is 0 Å². The number of likely N-dealkylation sites (tertiary alicyclic amines) is 1. The Morgan fingerprint density at radius 1 is 1.73 bits per heavy atom. The van der Waals surface area contributed by atoms with Gasteiger partial charge in [0.05, 0.1) is 12.6 Å². The van der Waals surface area contributed by atoms with Crippen LogP contribution in [0.5, 0.6) is 0 Å². The first kappa shape index (κ1) is 8.68. The Balaban J connectivity index is 2.28. The number of nitrogens with zero attached hydrogens (tertiary/aromatic N) is 1. The summed E-state index contributed by atoms with van der Waals surface area (Å²) in [5.74, 6) is -0.0703. The Hall–Kier alpha value is -0.410. The van der Waals surface area contributed by atoms with Crippen LogP contribution in [-0.4, -0.2) is 41.5 Å². The molecule has 1 unspecified atom stereocenters. The summed E-state index contributed by atoms with van der Waals surface area (Å²) in [6.07, 6.45) is 1.60. The zero-order chi connectivity index (χ0) is 8.27. The van der Waals surface area contributed by atoms with Gasteiger partial charge in [0.15, 0.2) is 0 Å². The van der Waals surface area contributed by atoms with Gasteiger partial charge in [-0.25, -0.2) is 0 Å². The number of hydrogen-bond acceptors (Lipinski definition) is 3. The number of aliphatic hydroxyl groups is 1. The van der Waals surface area contributed by atoms with Crippen molar-refractivity contribution in [2.75, 3.05) is 19.6 Å². The highest BCUT2D eigenvalue weighted by Crippen LogP contribution is 2.08. The molecule has 0 aromatic heterocycles. The van der Waals surface area contributed by atoms with Gasteiger partial charge in [-0.3, -0.25) is 9.69 Å². The molecule has 0 saturated carbocycles. The number of aliphatic hydroxyl groups excluding tert-OH is 1. The fourth-order valence-corrected chi connectivity index (χ4v) is 1.42. The second kappa shape index (κ2) is 3.83. The molecule has 11 heavy (non-hydrogen) atoms. The Bertz CT molecular complexity index is 147. The van der Waals surface area contributed by atoms with E-state index in [1.807, 2.05) is 4.90 Å². The number of piperidine rings is 1. The predicted molar refractivity (Wildman–Crippen MR) is 42.0 cm³/mol. The number of carbonyl (C=O) groups excluding carboxylic acids is 1. The number of hydrogen-bond donors (Lipinski definition) is 1. The highest BCUT2D eigenvalue weighted by atomic mass is 16.3. The lowest BCUT2D eigenvalue weighted by atomic mass is 10.1. The van der Waals surface area contributed by atoms with Crippen molar-refractivity contribution < 1.29 is 9.90 Å². The molecule has 1 atom stereocenters. The summed E-state index contributed by atoms with van der Waals surface area (Å²) in [7, 11) is 0. The molecule has 3 nitrogen and oxygen atoms in total. The zero-order valence-electron chi connectivity index (χ0n) is 6.62. The number of rotatable bonds is 2. The number of Topliss-reactive ketones (excluding diaryl/α,β-unsaturated/α-hetero) is 1. The minimum atomic E-state index is -0.247. The maximum atomic E-state index is 10.6. The van der Waals surface area contributed by atoms with Crippen molar-refractivity contribution in [2.45, 2.75) is 18.9 Å². The van der Waals surface area contributed by atoms with Gasteiger partial charge in [0.2, 0.25) is 0 Å². The van der Waals surface area contributed by atoms with Gasteiger partial charge in [-0.2, -0.15) is 0 Å². The molecule has 1 aliphatic rings. The molecule has 1 aliphatic heterocycles. The van der Waals surface area contributed by atoms with Gasteiger partial charge in [0.1, 0.15) is 5.78 Å². The van der Waals surface area contributed by atoms with Crippen molar-refractivity contribution in [1.82, 2.24) is 4.90 Å². The Kier molecular flexibility index (Phi) is 3.02. The topological polar surface area (TPSA) is 40.5 Å². The molecule has 0 amide bonds. The summed E-state index contributed by atoms with van der Waals surface area (Å²) in [6.45, 7) is 5.22. The van der Waals surface area contributed by atoms with E-state index >= 15 is 0 Å². The zero-order valence-corrected chi connectivity index (χ0v) is 6.62. The molecule has 0 spiro atoms. The molecule has 1 saturated heterocycles. The SMILES string of the molecule is [CH2]C(=O)CN1CCCC(O)C1.